The third-order valence-electron chi connectivity index (χ3n) is 2.64. The van der Waals surface area contributed by atoms with E-state index in [1.165, 1.54) is 0 Å². The zero-order valence-electron chi connectivity index (χ0n) is 7.66. The summed E-state index contributed by atoms with van der Waals surface area (Å²) in [5.41, 5.74) is 0. The molecular formula is C8H13IO4. The van der Waals surface area contributed by atoms with Gasteiger partial charge < -0.3 is 18.9 Å². The first-order valence-corrected chi connectivity index (χ1v) is 5.29. The van der Waals surface area contributed by atoms with E-state index in [4.69, 9.17) is 18.9 Å². The number of fused-ring (bicyclic) bond motifs is 1. The average molecular weight is 300 g/mol. The quantitative estimate of drug-likeness (QED) is 0.552. The van der Waals surface area contributed by atoms with Crippen LogP contribution in [0.2, 0.25) is 0 Å². The largest absolute Gasteiger partial charge is 0.376 e. The van der Waals surface area contributed by atoms with Gasteiger partial charge >= 0.3 is 0 Å². The number of hydrogen-bond acceptors (Lipinski definition) is 4. The number of methoxy groups -OCH3 is 2. The van der Waals surface area contributed by atoms with Crippen LogP contribution in [0.5, 0.6) is 0 Å². The Morgan fingerprint density at radius 1 is 1.38 bits per heavy atom. The number of halogens is 1. The molecule has 0 aliphatic carbocycles. The van der Waals surface area contributed by atoms with Crippen molar-refractivity contribution in [2.24, 2.45) is 0 Å². The second-order valence-corrected chi connectivity index (χ2v) is 5.12. The maximum atomic E-state index is 5.60. The molecule has 4 unspecified atom stereocenters. The lowest BCUT2D eigenvalue weighted by molar-refractivity contribution is -0.0338. The summed E-state index contributed by atoms with van der Waals surface area (Å²) in [6, 6.07) is 0. The zero-order chi connectivity index (χ0) is 9.47. The Morgan fingerprint density at radius 3 is 2.77 bits per heavy atom. The molecule has 2 aliphatic heterocycles. The Bertz CT molecular complexity index is 201. The van der Waals surface area contributed by atoms with Gasteiger partial charge in [-0.3, -0.25) is 0 Å². The minimum absolute atomic E-state index is 0.00282. The number of hydrogen-bond donors (Lipinski definition) is 0. The van der Waals surface area contributed by atoms with Crippen molar-refractivity contribution < 1.29 is 18.9 Å². The van der Waals surface area contributed by atoms with Crippen molar-refractivity contribution in [3.8, 4) is 0 Å². The minimum Gasteiger partial charge on any atom is -0.376 e. The van der Waals surface area contributed by atoms with Crippen molar-refractivity contribution in [3.05, 3.63) is 0 Å². The predicted octanol–water partition coefficient (Wildman–Crippen LogP) is 0.577. The standard InChI is InChI=1S/C8H13IO4/c1-10-5-3-12-7-6(5)13-4-8(7,9)11-2/h5-7H,3-4H2,1-2H3. The molecule has 0 aromatic carbocycles. The van der Waals surface area contributed by atoms with Crippen LogP contribution in [0.1, 0.15) is 0 Å². The normalized spacial score (nSPS) is 49.6. The van der Waals surface area contributed by atoms with E-state index in [1.54, 1.807) is 14.2 Å². The molecule has 2 fully saturated rings. The van der Waals surface area contributed by atoms with E-state index in [0.717, 1.165) is 0 Å². The van der Waals surface area contributed by atoms with Gasteiger partial charge in [-0.25, -0.2) is 0 Å². The molecule has 2 heterocycles. The molecular weight excluding hydrogens is 287 g/mol. The summed E-state index contributed by atoms with van der Waals surface area (Å²) in [7, 11) is 3.36. The van der Waals surface area contributed by atoms with Gasteiger partial charge in [-0.1, -0.05) is 0 Å². The Labute approximate surface area is 91.0 Å². The Morgan fingerprint density at radius 2 is 2.15 bits per heavy atom. The van der Waals surface area contributed by atoms with Crippen LogP contribution < -0.4 is 0 Å². The van der Waals surface area contributed by atoms with Crippen molar-refractivity contribution in [1.82, 2.24) is 0 Å². The smallest absolute Gasteiger partial charge is 0.170 e. The van der Waals surface area contributed by atoms with Crippen LogP contribution in [0, 0.1) is 0 Å². The summed E-state index contributed by atoms with van der Waals surface area (Å²) in [5, 5.41) is 0. The summed E-state index contributed by atoms with van der Waals surface area (Å²) in [5.74, 6) is 0. The van der Waals surface area contributed by atoms with Crippen LogP contribution in [0.25, 0.3) is 0 Å². The van der Waals surface area contributed by atoms with Gasteiger partial charge in [-0.05, 0) is 22.6 Å². The fraction of sp³-hybridized carbons (Fsp3) is 1.00. The van der Waals surface area contributed by atoms with Gasteiger partial charge in [0.25, 0.3) is 0 Å². The molecule has 5 heteroatoms. The molecule has 0 N–H and O–H groups in total. The summed E-state index contributed by atoms with van der Waals surface area (Å²) in [6.45, 7) is 1.17. The monoisotopic (exact) mass is 300 g/mol. The van der Waals surface area contributed by atoms with Crippen molar-refractivity contribution in [2.75, 3.05) is 27.4 Å². The van der Waals surface area contributed by atoms with Gasteiger partial charge in [-0.2, -0.15) is 0 Å². The van der Waals surface area contributed by atoms with Crippen molar-refractivity contribution in [1.29, 1.82) is 0 Å². The third-order valence-corrected chi connectivity index (χ3v) is 4.01. The molecule has 0 saturated carbocycles. The predicted molar refractivity (Wildman–Crippen MR) is 54.0 cm³/mol. The molecule has 0 aromatic rings. The fourth-order valence-electron chi connectivity index (χ4n) is 1.82. The first-order valence-electron chi connectivity index (χ1n) is 4.21. The van der Waals surface area contributed by atoms with E-state index in [9.17, 15) is 0 Å². The highest BCUT2D eigenvalue weighted by Crippen LogP contribution is 2.41. The van der Waals surface area contributed by atoms with Crippen LogP contribution in [-0.2, 0) is 18.9 Å². The highest BCUT2D eigenvalue weighted by molar-refractivity contribution is 14.1. The summed E-state index contributed by atoms with van der Waals surface area (Å²) in [4.78, 5) is 0. The average Bonchev–Trinajstić information content (AvgIpc) is 2.68. The molecule has 0 radical (unpaired) electrons. The van der Waals surface area contributed by atoms with Crippen molar-refractivity contribution >= 4 is 22.6 Å². The topological polar surface area (TPSA) is 36.9 Å². The Hall–Kier alpha value is 0.570. The Kier molecular flexibility index (Phi) is 2.81. The maximum absolute atomic E-state index is 5.60. The highest BCUT2D eigenvalue weighted by atomic mass is 127. The lowest BCUT2D eigenvalue weighted by atomic mass is 10.1. The summed E-state index contributed by atoms with van der Waals surface area (Å²) in [6.07, 6.45) is 0.0849. The fourth-order valence-corrected chi connectivity index (χ4v) is 2.53. The first-order chi connectivity index (χ1) is 6.21. The lowest BCUT2D eigenvalue weighted by Crippen LogP contribution is -2.39. The molecule has 0 amide bonds. The summed E-state index contributed by atoms with van der Waals surface area (Å²) < 4.78 is 21.5. The van der Waals surface area contributed by atoms with Crippen LogP contribution in [-0.4, -0.2) is 49.4 Å². The minimum atomic E-state index is -0.338. The molecule has 0 bridgehead atoms. The first kappa shape index (κ1) is 10.1. The molecule has 4 nitrogen and oxygen atoms in total. The number of rotatable bonds is 2. The maximum Gasteiger partial charge on any atom is 0.170 e. The van der Waals surface area contributed by atoms with Gasteiger partial charge in [0.15, 0.2) is 3.61 Å². The molecule has 2 aliphatic rings. The summed E-state index contributed by atoms with van der Waals surface area (Å²) >= 11 is 2.25. The van der Waals surface area contributed by atoms with E-state index in [0.29, 0.717) is 13.2 Å². The second kappa shape index (κ2) is 3.62. The SMILES string of the molecule is COC1COC2C1OCC2(I)OC. The van der Waals surface area contributed by atoms with Crippen LogP contribution in [0.15, 0.2) is 0 Å². The van der Waals surface area contributed by atoms with Crippen molar-refractivity contribution in [3.63, 3.8) is 0 Å². The number of alkyl halides is 1. The molecule has 13 heavy (non-hydrogen) atoms. The molecule has 0 aromatic heterocycles. The van der Waals surface area contributed by atoms with Gasteiger partial charge in [-0.15, -0.1) is 0 Å². The van der Waals surface area contributed by atoms with Gasteiger partial charge in [0, 0.05) is 14.2 Å². The van der Waals surface area contributed by atoms with Gasteiger partial charge in [0.05, 0.1) is 13.2 Å². The molecule has 2 saturated heterocycles. The van der Waals surface area contributed by atoms with E-state index in [-0.39, 0.29) is 21.9 Å². The van der Waals surface area contributed by atoms with Gasteiger partial charge in [0.2, 0.25) is 0 Å². The van der Waals surface area contributed by atoms with Crippen LogP contribution >= 0.6 is 22.6 Å². The van der Waals surface area contributed by atoms with E-state index in [2.05, 4.69) is 22.6 Å². The molecule has 0 spiro atoms. The van der Waals surface area contributed by atoms with E-state index < -0.39 is 0 Å². The third kappa shape index (κ3) is 1.50. The van der Waals surface area contributed by atoms with E-state index in [1.807, 2.05) is 0 Å². The Balaban J connectivity index is 2.11. The van der Waals surface area contributed by atoms with Crippen LogP contribution in [0.3, 0.4) is 0 Å². The van der Waals surface area contributed by atoms with Crippen LogP contribution in [0.4, 0.5) is 0 Å². The lowest BCUT2D eigenvalue weighted by Gasteiger charge is -2.23. The number of ether oxygens (including phenoxy) is 4. The van der Waals surface area contributed by atoms with E-state index >= 15 is 0 Å². The highest BCUT2D eigenvalue weighted by Gasteiger charge is 2.56. The van der Waals surface area contributed by atoms with Crippen molar-refractivity contribution in [2.45, 2.75) is 21.9 Å². The second-order valence-electron chi connectivity index (χ2n) is 3.29. The molecule has 2 rings (SSSR count). The molecule has 4 atom stereocenters. The molecule has 76 valence electrons. The van der Waals surface area contributed by atoms with Gasteiger partial charge in [0.1, 0.15) is 18.3 Å². The zero-order valence-corrected chi connectivity index (χ0v) is 9.81.